The Labute approximate surface area is 140 Å². The molecule has 0 fully saturated rings. The number of hydrazone groups is 1. The number of nitrogens with zero attached hydrogens (tertiary/aromatic N) is 2. The number of benzene rings is 1. The van der Waals surface area contributed by atoms with Crippen LogP contribution in [0.4, 0.5) is 5.13 Å². The smallest absolute Gasteiger partial charge is 0.359 e. The Morgan fingerprint density at radius 2 is 2.18 bits per heavy atom. The Balaban J connectivity index is 2.00. The van der Waals surface area contributed by atoms with E-state index < -0.39 is 5.97 Å². The van der Waals surface area contributed by atoms with Crippen molar-refractivity contribution in [2.24, 2.45) is 5.10 Å². The molecule has 0 amide bonds. The van der Waals surface area contributed by atoms with Gasteiger partial charge in [-0.05, 0) is 52.7 Å². The fourth-order valence-electron chi connectivity index (χ4n) is 1.53. The topological polar surface area (TPSA) is 72.8 Å². The van der Waals surface area contributed by atoms with Crippen LogP contribution in [0.2, 0.25) is 0 Å². The molecule has 6 nitrogen and oxygen atoms in total. The van der Waals surface area contributed by atoms with Gasteiger partial charge in [-0.2, -0.15) is 5.10 Å². The summed E-state index contributed by atoms with van der Waals surface area (Å²) in [7, 11) is 1.62. The third kappa shape index (κ3) is 4.28. The molecule has 0 saturated carbocycles. The predicted molar refractivity (Wildman–Crippen MR) is 90.0 cm³/mol. The molecule has 2 rings (SSSR count). The summed E-state index contributed by atoms with van der Waals surface area (Å²) in [5.74, 6) is 0.325. The van der Waals surface area contributed by atoms with Gasteiger partial charge in [-0.1, -0.05) is 11.3 Å². The van der Waals surface area contributed by atoms with E-state index in [9.17, 15) is 4.79 Å². The molecule has 0 aliphatic carbocycles. The van der Waals surface area contributed by atoms with Crippen molar-refractivity contribution >= 4 is 44.6 Å². The first-order valence-electron chi connectivity index (χ1n) is 6.40. The third-order valence-electron chi connectivity index (χ3n) is 2.54. The molecule has 0 bridgehead atoms. The van der Waals surface area contributed by atoms with E-state index in [-0.39, 0.29) is 5.69 Å². The molecular weight excluding hydrogens is 370 g/mol. The highest BCUT2D eigenvalue weighted by Gasteiger charge is 2.17. The lowest BCUT2D eigenvalue weighted by Gasteiger charge is -1.99. The van der Waals surface area contributed by atoms with Crippen LogP contribution in [-0.2, 0) is 4.74 Å². The normalized spacial score (nSPS) is 10.7. The van der Waals surface area contributed by atoms with E-state index in [0.717, 1.165) is 11.3 Å². The van der Waals surface area contributed by atoms with E-state index >= 15 is 0 Å². The van der Waals surface area contributed by atoms with Gasteiger partial charge < -0.3 is 9.47 Å². The maximum absolute atomic E-state index is 11.6. The number of methoxy groups -OCH3 is 1. The molecule has 1 aromatic heterocycles. The number of carbonyl (C=O) groups is 1. The van der Waals surface area contributed by atoms with Crippen LogP contribution in [0.15, 0.2) is 33.2 Å². The van der Waals surface area contributed by atoms with Crippen molar-refractivity contribution < 1.29 is 14.3 Å². The van der Waals surface area contributed by atoms with Crippen LogP contribution in [-0.4, -0.2) is 30.9 Å². The van der Waals surface area contributed by atoms with Crippen molar-refractivity contribution in [2.45, 2.75) is 6.92 Å². The predicted octanol–water partition coefficient (Wildman–Crippen LogP) is 3.54. The highest BCUT2D eigenvalue weighted by Crippen LogP contribution is 2.29. The van der Waals surface area contributed by atoms with E-state index in [1.165, 1.54) is 11.3 Å². The van der Waals surface area contributed by atoms with Crippen LogP contribution in [0.5, 0.6) is 5.75 Å². The summed E-state index contributed by atoms with van der Waals surface area (Å²) in [5, 5.41) is 4.59. The first kappa shape index (κ1) is 16.4. The minimum atomic E-state index is -0.460. The number of aromatic nitrogens is 1. The number of nitrogens with one attached hydrogen (secondary N) is 1. The average molecular weight is 384 g/mol. The van der Waals surface area contributed by atoms with Crippen LogP contribution in [0.1, 0.15) is 23.0 Å². The zero-order valence-electron chi connectivity index (χ0n) is 12.0. The monoisotopic (exact) mass is 383 g/mol. The van der Waals surface area contributed by atoms with Crippen molar-refractivity contribution in [3.63, 3.8) is 0 Å². The minimum absolute atomic E-state index is 0.244. The lowest BCUT2D eigenvalue weighted by atomic mass is 10.2. The van der Waals surface area contributed by atoms with Gasteiger partial charge in [0.1, 0.15) is 9.54 Å². The van der Waals surface area contributed by atoms with Crippen LogP contribution >= 0.6 is 27.3 Å². The zero-order valence-corrected chi connectivity index (χ0v) is 14.4. The van der Waals surface area contributed by atoms with Gasteiger partial charge in [-0.3, -0.25) is 5.43 Å². The molecule has 2 aromatic rings. The lowest BCUT2D eigenvalue weighted by Crippen LogP contribution is -2.05. The van der Waals surface area contributed by atoms with E-state index in [1.807, 2.05) is 24.3 Å². The van der Waals surface area contributed by atoms with Gasteiger partial charge in [-0.25, -0.2) is 9.78 Å². The third-order valence-corrected chi connectivity index (χ3v) is 4.15. The number of anilines is 1. The number of hydrogen-bond acceptors (Lipinski definition) is 7. The summed E-state index contributed by atoms with van der Waals surface area (Å²) in [6, 6.07) is 7.46. The summed E-state index contributed by atoms with van der Waals surface area (Å²) in [5.41, 5.74) is 3.94. The average Bonchev–Trinajstić information content (AvgIpc) is 2.89. The Morgan fingerprint density at radius 1 is 1.45 bits per heavy atom. The second-order valence-electron chi connectivity index (χ2n) is 4.00. The summed E-state index contributed by atoms with van der Waals surface area (Å²) in [6.45, 7) is 2.05. The molecule has 22 heavy (non-hydrogen) atoms. The maximum Gasteiger partial charge on any atom is 0.359 e. The quantitative estimate of drug-likeness (QED) is 0.469. The second-order valence-corrected chi connectivity index (χ2v) is 6.32. The summed E-state index contributed by atoms with van der Waals surface area (Å²) >= 11 is 4.56. The van der Waals surface area contributed by atoms with Crippen LogP contribution in [0, 0.1) is 0 Å². The van der Waals surface area contributed by atoms with Crippen molar-refractivity contribution in [1.82, 2.24) is 4.98 Å². The Hall–Kier alpha value is -1.93. The molecule has 116 valence electrons. The van der Waals surface area contributed by atoms with E-state index in [1.54, 1.807) is 20.2 Å². The number of ether oxygens (including phenoxy) is 2. The van der Waals surface area contributed by atoms with Gasteiger partial charge in [0.25, 0.3) is 0 Å². The molecule has 0 aliphatic rings. The summed E-state index contributed by atoms with van der Waals surface area (Å²) < 4.78 is 10.6. The molecule has 0 aliphatic heterocycles. The SMILES string of the molecule is CCOC(=O)c1nc(N/N=C/c2ccc(OC)cc2)sc1Br. The van der Waals surface area contributed by atoms with E-state index in [4.69, 9.17) is 9.47 Å². The minimum Gasteiger partial charge on any atom is -0.497 e. The van der Waals surface area contributed by atoms with Gasteiger partial charge in [0.15, 0.2) is 5.69 Å². The van der Waals surface area contributed by atoms with Gasteiger partial charge in [-0.15, -0.1) is 0 Å². The Bertz CT molecular complexity index is 670. The number of esters is 1. The fourth-order valence-corrected chi connectivity index (χ4v) is 2.87. The first-order valence-corrected chi connectivity index (χ1v) is 8.01. The molecule has 8 heteroatoms. The van der Waals surface area contributed by atoms with Crippen LogP contribution < -0.4 is 10.2 Å². The van der Waals surface area contributed by atoms with Crippen molar-refractivity contribution in [3.8, 4) is 5.75 Å². The lowest BCUT2D eigenvalue weighted by molar-refractivity contribution is 0.0519. The molecule has 0 spiro atoms. The molecule has 0 atom stereocenters. The number of hydrogen-bond donors (Lipinski definition) is 1. The zero-order chi connectivity index (χ0) is 15.9. The molecule has 0 radical (unpaired) electrons. The van der Waals surface area contributed by atoms with Crippen LogP contribution in [0.3, 0.4) is 0 Å². The largest absolute Gasteiger partial charge is 0.497 e. The van der Waals surface area contributed by atoms with E-state index in [0.29, 0.717) is 15.5 Å². The highest BCUT2D eigenvalue weighted by molar-refractivity contribution is 9.11. The van der Waals surface area contributed by atoms with Crippen molar-refractivity contribution in [2.75, 3.05) is 19.1 Å². The first-order chi connectivity index (χ1) is 10.6. The standard InChI is InChI=1S/C14H14BrN3O3S/c1-3-21-13(19)11-12(15)22-14(17-11)18-16-8-9-4-6-10(20-2)7-5-9/h4-8H,3H2,1-2H3,(H,17,18)/b16-8+. The molecule has 1 heterocycles. The number of rotatable bonds is 6. The molecule has 0 unspecified atom stereocenters. The Morgan fingerprint density at radius 3 is 2.82 bits per heavy atom. The second kappa shape index (κ2) is 7.90. The summed E-state index contributed by atoms with van der Waals surface area (Å²) in [6.07, 6.45) is 1.65. The number of carbonyl (C=O) groups excluding carboxylic acids is 1. The number of thiazole rings is 1. The molecular formula is C14H14BrN3O3S. The fraction of sp³-hybridized carbons (Fsp3) is 0.214. The maximum atomic E-state index is 11.6. The molecule has 1 aromatic carbocycles. The summed E-state index contributed by atoms with van der Waals surface area (Å²) in [4.78, 5) is 15.8. The molecule has 1 N–H and O–H groups in total. The van der Waals surface area contributed by atoms with Gasteiger partial charge in [0, 0.05) is 0 Å². The highest BCUT2D eigenvalue weighted by atomic mass is 79.9. The van der Waals surface area contributed by atoms with Crippen LogP contribution in [0.25, 0.3) is 0 Å². The van der Waals surface area contributed by atoms with Crippen molar-refractivity contribution in [3.05, 3.63) is 39.3 Å². The van der Waals surface area contributed by atoms with E-state index in [2.05, 4.69) is 31.4 Å². The van der Waals surface area contributed by atoms with Gasteiger partial charge in [0.2, 0.25) is 5.13 Å². The molecule has 0 saturated heterocycles. The van der Waals surface area contributed by atoms with Gasteiger partial charge in [0.05, 0.1) is 19.9 Å². The van der Waals surface area contributed by atoms with Gasteiger partial charge >= 0.3 is 5.97 Å². The van der Waals surface area contributed by atoms with Crippen molar-refractivity contribution in [1.29, 1.82) is 0 Å². The Kier molecular flexibility index (Phi) is 5.91. The number of halogens is 1.